The summed E-state index contributed by atoms with van der Waals surface area (Å²) in [4.78, 5) is 0. The Morgan fingerprint density at radius 1 is 1.50 bits per heavy atom. The second kappa shape index (κ2) is 2.47. The quantitative estimate of drug-likeness (QED) is 0.332. The van der Waals surface area contributed by atoms with Crippen molar-refractivity contribution in [2.75, 3.05) is 0 Å². The summed E-state index contributed by atoms with van der Waals surface area (Å²) in [6.45, 7) is 4.26. The smallest absolute Gasteiger partial charge is 0.0689 e. The molecule has 0 radical (unpaired) electrons. The molecule has 0 amide bonds. The first-order valence-corrected chi connectivity index (χ1v) is 4.30. The van der Waals surface area contributed by atoms with E-state index in [0.29, 0.717) is 11.8 Å². The van der Waals surface area contributed by atoms with E-state index >= 15 is 0 Å². The van der Waals surface area contributed by atoms with Gasteiger partial charge in [-0.15, -0.1) is 0 Å². The van der Waals surface area contributed by atoms with Gasteiger partial charge >= 0.3 is 0 Å². The lowest BCUT2D eigenvalue weighted by Crippen LogP contribution is -2.05. The van der Waals surface area contributed by atoms with E-state index in [1.807, 2.05) is 0 Å². The average molecular weight is 163 g/mol. The van der Waals surface area contributed by atoms with Crippen molar-refractivity contribution in [2.24, 2.45) is 17.0 Å². The molecular formula is C10H13NO. The molecule has 0 heterocycles. The van der Waals surface area contributed by atoms with Crippen LogP contribution in [0.5, 0.6) is 0 Å². The number of nitrogens with zero attached hydrogens (tertiary/aromatic N) is 1. The highest BCUT2D eigenvalue weighted by Crippen LogP contribution is 2.43. The van der Waals surface area contributed by atoms with Gasteiger partial charge in [0.2, 0.25) is 0 Å². The van der Waals surface area contributed by atoms with Gasteiger partial charge in [0.05, 0.1) is 5.71 Å². The van der Waals surface area contributed by atoms with E-state index in [2.05, 4.69) is 31.2 Å². The standard InChI is InChI=1S/C10H13NO/c1-6(2)10-7-3-4-8(10)9(5-7)11-12/h3-4,7-8,12H,5H2,1-2H3/b11-9-. The van der Waals surface area contributed by atoms with Gasteiger partial charge in [-0.05, 0) is 13.8 Å². The van der Waals surface area contributed by atoms with Crippen molar-refractivity contribution in [3.05, 3.63) is 23.3 Å². The van der Waals surface area contributed by atoms with Crippen molar-refractivity contribution in [1.29, 1.82) is 0 Å². The fourth-order valence-electron chi connectivity index (χ4n) is 2.29. The lowest BCUT2D eigenvalue weighted by Gasteiger charge is -2.05. The Balaban J connectivity index is 2.44. The summed E-state index contributed by atoms with van der Waals surface area (Å²) in [5, 5.41) is 12.1. The maximum absolute atomic E-state index is 8.72. The van der Waals surface area contributed by atoms with Gasteiger partial charge in [-0.25, -0.2) is 0 Å². The zero-order valence-electron chi connectivity index (χ0n) is 7.41. The number of hydrogen-bond acceptors (Lipinski definition) is 2. The van der Waals surface area contributed by atoms with Gasteiger partial charge in [-0.2, -0.15) is 0 Å². The molecule has 0 aromatic heterocycles. The van der Waals surface area contributed by atoms with Crippen molar-refractivity contribution >= 4 is 5.71 Å². The van der Waals surface area contributed by atoms with Crippen LogP contribution in [-0.2, 0) is 0 Å². The fraction of sp³-hybridized carbons (Fsp3) is 0.500. The average Bonchev–Trinajstić information content (AvgIpc) is 2.59. The third-order valence-electron chi connectivity index (χ3n) is 2.76. The molecule has 2 rings (SSSR count). The van der Waals surface area contributed by atoms with Crippen LogP contribution in [0, 0.1) is 11.8 Å². The number of hydrogen-bond donors (Lipinski definition) is 1. The molecule has 2 aliphatic carbocycles. The monoisotopic (exact) mass is 163 g/mol. The molecule has 0 aromatic rings. The van der Waals surface area contributed by atoms with Crippen LogP contribution in [0.15, 0.2) is 28.5 Å². The largest absolute Gasteiger partial charge is 0.411 e. The Morgan fingerprint density at radius 2 is 2.25 bits per heavy atom. The van der Waals surface area contributed by atoms with Crippen LogP contribution in [0.25, 0.3) is 0 Å². The summed E-state index contributed by atoms with van der Waals surface area (Å²) in [6.07, 6.45) is 5.28. The van der Waals surface area contributed by atoms with E-state index < -0.39 is 0 Å². The highest BCUT2D eigenvalue weighted by Gasteiger charge is 2.38. The van der Waals surface area contributed by atoms with E-state index in [-0.39, 0.29) is 0 Å². The molecule has 2 atom stereocenters. The van der Waals surface area contributed by atoms with Gasteiger partial charge < -0.3 is 5.21 Å². The van der Waals surface area contributed by atoms with Gasteiger partial charge in [0.1, 0.15) is 0 Å². The van der Waals surface area contributed by atoms with E-state index in [1.165, 1.54) is 11.1 Å². The third kappa shape index (κ3) is 0.840. The summed E-state index contributed by atoms with van der Waals surface area (Å²) in [6, 6.07) is 0. The minimum Gasteiger partial charge on any atom is -0.411 e. The van der Waals surface area contributed by atoms with Crippen LogP contribution in [0.2, 0.25) is 0 Å². The molecule has 2 unspecified atom stereocenters. The highest BCUT2D eigenvalue weighted by atomic mass is 16.4. The number of allylic oxidation sites excluding steroid dienone is 4. The highest BCUT2D eigenvalue weighted by molar-refractivity contribution is 5.96. The molecule has 0 aromatic carbocycles. The Labute approximate surface area is 72.3 Å². The van der Waals surface area contributed by atoms with Crippen molar-refractivity contribution in [3.63, 3.8) is 0 Å². The number of rotatable bonds is 0. The van der Waals surface area contributed by atoms with Crippen LogP contribution >= 0.6 is 0 Å². The molecular weight excluding hydrogens is 150 g/mol. The zero-order valence-corrected chi connectivity index (χ0v) is 7.41. The molecule has 1 N–H and O–H groups in total. The number of fused-ring (bicyclic) bond motifs is 2. The molecule has 2 bridgehead atoms. The molecule has 64 valence electrons. The Morgan fingerprint density at radius 3 is 2.67 bits per heavy atom. The van der Waals surface area contributed by atoms with Gasteiger partial charge in [0, 0.05) is 18.3 Å². The normalized spacial score (nSPS) is 35.2. The predicted molar refractivity (Wildman–Crippen MR) is 48.3 cm³/mol. The maximum atomic E-state index is 8.72. The first kappa shape index (κ1) is 7.59. The van der Waals surface area contributed by atoms with Crippen molar-refractivity contribution in [3.8, 4) is 0 Å². The van der Waals surface area contributed by atoms with Crippen molar-refractivity contribution in [2.45, 2.75) is 20.3 Å². The fourth-order valence-corrected chi connectivity index (χ4v) is 2.29. The molecule has 2 aliphatic rings. The SMILES string of the molecule is CC(C)=C1C2C=CC1/C(=N\O)C2. The summed E-state index contributed by atoms with van der Waals surface area (Å²) >= 11 is 0. The third-order valence-corrected chi connectivity index (χ3v) is 2.76. The summed E-state index contributed by atoms with van der Waals surface area (Å²) in [5.41, 5.74) is 3.75. The molecule has 2 nitrogen and oxygen atoms in total. The molecule has 0 saturated heterocycles. The predicted octanol–water partition coefficient (Wildman–Crippen LogP) is 2.36. The summed E-state index contributed by atoms with van der Waals surface area (Å²) < 4.78 is 0. The molecule has 2 heteroatoms. The van der Waals surface area contributed by atoms with Crippen molar-refractivity contribution in [1.82, 2.24) is 0 Å². The maximum Gasteiger partial charge on any atom is 0.0689 e. The van der Waals surface area contributed by atoms with Gasteiger partial charge in [0.25, 0.3) is 0 Å². The lowest BCUT2D eigenvalue weighted by atomic mass is 10.00. The van der Waals surface area contributed by atoms with E-state index in [0.717, 1.165) is 12.1 Å². The lowest BCUT2D eigenvalue weighted by molar-refractivity contribution is 0.316. The Bertz CT molecular complexity index is 295. The Kier molecular flexibility index (Phi) is 1.56. The molecule has 1 fully saturated rings. The molecule has 0 aliphatic heterocycles. The van der Waals surface area contributed by atoms with Crippen LogP contribution < -0.4 is 0 Å². The second-order valence-corrected chi connectivity index (χ2v) is 3.72. The minimum atomic E-state index is 0.310. The van der Waals surface area contributed by atoms with Gasteiger partial charge in [0.15, 0.2) is 0 Å². The molecule has 0 spiro atoms. The minimum absolute atomic E-state index is 0.310. The van der Waals surface area contributed by atoms with E-state index in [4.69, 9.17) is 5.21 Å². The van der Waals surface area contributed by atoms with Crippen LogP contribution in [0.3, 0.4) is 0 Å². The second-order valence-electron chi connectivity index (χ2n) is 3.72. The van der Waals surface area contributed by atoms with Gasteiger partial charge in [-0.3, -0.25) is 0 Å². The van der Waals surface area contributed by atoms with Crippen LogP contribution in [0.1, 0.15) is 20.3 Å². The van der Waals surface area contributed by atoms with E-state index in [1.54, 1.807) is 0 Å². The topological polar surface area (TPSA) is 32.6 Å². The number of oxime groups is 1. The summed E-state index contributed by atoms with van der Waals surface area (Å²) in [7, 11) is 0. The van der Waals surface area contributed by atoms with E-state index in [9.17, 15) is 0 Å². The Hall–Kier alpha value is -1.05. The first-order chi connectivity index (χ1) is 5.74. The summed E-state index contributed by atoms with van der Waals surface area (Å²) in [5.74, 6) is 0.830. The molecule has 12 heavy (non-hydrogen) atoms. The van der Waals surface area contributed by atoms with Gasteiger partial charge in [-0.1, -0.05) is 28.5 Å². The van der Waals surface area contributed by atoms with Crippen LogP contribution in [0.4, 0.5) is 0 Å². The zero-order chi connectivity index (χ0) is 8.72. The molecule has 1 saturated carbocycles. The van der Waals surface area contributed by atoms with Crippen LogP contribution in [-0.4, -0.2) is 10.9 Å². The first-order valence-electron chi connectivity index (χ1n) is 4.30. The van der Waals surface area contributed by atoms with Crippen molar-refractivity contribution < 1.29 is 5.21 Å².